The molecule has 0 spiro atoms. The number of rotatable bonds is 2. The summed E-state index contributed by atoms with van der Waals surface area (Å²) in [6.07, 6.45) is 1.87. The van der Waals surface area contributed by atoms with E-state index < -0.39 is 0 Å². The van der Waals surface area contributed by atoms with Crippen molar-refractivity contribution in [1.29, 1.82) is 0 Å². The summed E-state index contributed by atoms with van der Waals surface area (Å²) in [5.74, 6) is 0.00270. The van der Waals surface area contributed by atoms with Crippen LogP contribution in [0.25, 0.3) is 0 Å². The number of halogens is 2. The molecule has 0 radical (unpaired) electrons. The van der Waals surface area contributed by atoms with Crippen molar-refractivity contribution in [2.45, 2.75) is 11.8 Å². The first-order chi connectivity index (χ1) is 6.07. The Kier molecular flexibility index (Phi) is 3.65. The second kappa shape index (κ2) is 4.36. The molecule has 0 amide bonds. The normalized spacial score (nSPS) is 10.2. The second-order valence-corrected chi connectivity index (χ2v) is 4.10. The Bertz CT molecular complexity index is 350. The molecule has 0 heterocycles. The highest BCUT2D eigenvalue weighted by molar-refractivity contribution is 7.98. The largest absolute Gasteiger partial charge is 0.294 e. The van der Waals surface area contributed by atoms with Crippen molar-refractivity contribution in [3.63, 3.8) is 0 Å². The summed E-state index contributed by atoms with van der Waals surface area (Å²) in [7, 11) is 0. The minimum absolute atomic E-state index is 0.00270. The predicted molar refractivity (Wildman–Crippen MR) is 58.2 cm³/mol. The van der Waals surface area contributed by atoms with Crippen LogP contribution in [0, 0.1) is 0 Å². The van der Waals surface area contributed by atoms with Crippen molar-refractivity contribution in [1.82, 2.24) is 0 Å². The molecule has 0 saturated heterocycles. The van der Waals surface area contributed by atoms with Gasteiger partial charge in [-0.15, -0.1) is 11.8 Å². The summed E-state index contributed by atoms with van der Waals surface area (Å²) in [6.45, 7) is 1.51. The van der Waals surface area contributed by atoms with E-state index in [1.807, 2.05) is 6.26 Å². The number of ketones is 1. The smallest absolute Gasteiger partial charge is 0.160 e. The van der Waals surface area contributed by atoms with E-state index >= 15 is 0 Å². The summed E-state index contributed by atoms with van der Waals surface area (Å²) in [6, 6.07) is 3.34. The van der Waals surface area contributed by atoms with Crippen LogP contribution in [0.15, 0.2) is 17.0 Å². The zero-order chi connectivity index (χ0) is 10.0. The number of Topliss-reactive ketones (excluding diaryl/α,β-unsaturated/α-hetero) is 1. The summed E-state index contributed by atoms with van der Waals surface area (Å²) < 4.78 is 0. The Balaban J connectivity index is 3.38. The fourth-order valence-corrected chi connectivity index (χ4v) is 2.34. The molecular formula is C9H8Cl2OS. The van der Waals surface area contributed by atoms with Crippen molar-refractivity contribution < 1.29 is 4.79 Å². The number of hydrogen-bond acceptors (Lipinski definition) is 2. The Hall–Kier alpha value is -0.180. The summed E-state index contributed by atoms with van der Waals surface area (Å²) in [5, 5.41) is 0.942. The third-order valence-corrected chi connectivity index (χ3v) is 3.38. The Morgan fingerprint density at radius 1 is 1.38 bits per heavy atom. The summed E-state index contributed by atoms with van der Waals surface area (Å²) >= 11 is 13.2. The van der Waals surface area contributed by atoms with E-state index in [1.54, 1.807) is 12.1 Å². The number of benzene rings is 1. The lowest BCUT2D eigenvalue weighted by atomic mass is 10.1. The molecule has 1 aromatic rings. The molecule has 0 aliphatic heterocycles. The van der Waals surface area contributed by atoms with Crippen molar-refractivity contribution in [3.05, 3.63) is 27.7 Å². The second-order valence-electron chi connectivity index (χ2n) is 2.50. The first kappa shape index (κ1) is 10.9. The quantitative estimate of drug-likeness (QED) is 0.570. The van der Waals surface area contributed by atoms with E-state index in [2.05, 4.69) is 0 Å². The standard InChI is InChI=1S/C9H8Cl2OS/c1-5(12)6-3-4-7(10)8(11)9(6)13-2/h3-4H,1-2H3. The van der Waals surface area contributed by atoms with E-state index in [4.69, 9.17) is 23.2 Å². The van der Waals surface area contributed by atoms with E-state index in [0.717, 1.165) is 4.90 Å². The van der Waals surface area contributed by atoms with Gasteiger partial charge < -0.3 is 0 Å². The molecule has 4 heteroatoms. The van der Waals surface area contributed by atoms with Crippen LogP contribution in [0.5, 0.6) is 0 Å². The van der Waals surface area contributed by atoms with Gasteiger partial charge in [0.25, 0.3) is 0 Å². The highest BCUT2D eigenvalue weighted by Gasteiger charge is 2.12. The predicted octanol–water partition coefficient (Wildman–Crippen LogP) is 3.92. The van der Waals surface area contributed by atoms with Gasteiger partial charge >= 0.3 is 0 Å². The van der Waals surface area contributed by atoms with Crippen molar-refractivity contribution in [2.75, 3.05) is 6.26 Å². The Morgan fingerprint density at radius 2 is 2.00 bits per heavy atom. The van der Waals surface area contributed by atoms with Crippen LogP contribution in [0.1, 0.15) is 17.3 Å². The first-order valence-corrected chi connectivity index (χ1v) is 5.59. The number of carbonyl (C=O) groups excluding carboxylic acids is 1. The highest BCUT2D eigenvalue weighted by Crippen LogP contribution is 2.34. The molecule has 13 heavy (non-hydrogen) atoms. The maximum Gasteiger partial charge on any atom is 0.160 e. The van der Waals surface area contributed by atoms with Crippen LogP contribution >= 0.6 is 35.0 Å². The van der Waals surface area contributed by atoms with Gasteiger partial charge in [0.05, 0.1) is 10.0 Å². The molecule has 0 fully saturated rings. The van der Waals surface area contributed by atoms with Crippen LogP contribution in [-0.4, -0.2) is 12.0 Å². The van der Waals surface area contributed by atoms with Gasteiger partial charge in [-0.1, -0.05) is 23.2 Å². The Morgan fingerprint density at radius 3 is 2.46 bits per heavy atom. The van der Waals surface area contributed by atoms with Crippen molar-refractivity contribution >= 4 is 40.7 Å². The van der Waals surface area contributed by atoms with Gasteiger partial charge in [0.2, 0.25) is 0 Å². The Labute approximate surface area is 91.4 Å². The SMILES string of the molecule is CSc1c(C(C)=O)ccc(Cl)c1Cl. The highest BCUT2D eigenvalue weighted by atomic mass is 35.5. The van der Waals surface area contributed by atoms with Gasteiger partial charge in [0.1, 0.15) is 0 Å². The molecule has 1 rings (SSSR count). The van der Waals surface area contributed by atoms with Gasteiger partial charge in [0, 0.05) is 10.5 Å². The average molecular weight is 235 g/mol. The third kappa shape index (κ3) is 2.19. The molecule has 0 N–H and O–H groups in total. The van der Waals surface area contributed by atoms with Gasteiger partial charge in [0.15, 0.2) is 5.78 Å². The number of carbonyl (C=O) groups is 1. The summed E-state index contributed by atoms with van der Waals surface area (Å²) in [4.78, 5) is 11.9. The fraction of sp³-hybridized carbons (Fsp3) is 0.222. The van der Waals surface area contributed by atoms with E-state index in [-0.39, 0.29) is 5.78 Å². The van der Waals surface area contributed by atoms with Crippen molar-refractivity contribution in [2.24, 2.45) is 0 Å². The van der Waals surface area contributed by atoms with Crippen LogP contribution in [0.3, 0.4) is 0 Å². The zero-order valence-corrected chi connectivity index (χ0v) is 9.56. The molecule has 0 aliphatic rings. The zero-order valence-electron chi connectivity index (χ0n) is 7.23. The summed E-state index contributed by atoms with van der Waals surface area (Å²) in [5.41, 5.74) is 0.627. The molecular weight excluding hydrogens is 227 g/mol. The monoisotopic (exact) mass is 234 g/mol. The lowest BCUT2D eigenvalue weighted by Crippen LogP contribution is -1.95. The molecule has 1 aromatic carbocycles. The number of hydrogen-bond donors (Lipinski definition) is 0. The van der Waals surface area contributed by atoms with Gasteiger partial charge in [-0.05, 0) is 25.3 Å². The van der Waals surface area contributed by atoms with Crippen molar-refractivity contribution in [3.8, 4) is 0 Å². The van der Waals surface area contributed by atoms with Crippen LogP contribution < -0.4 is 0 Å². The van der Waals surface area contributed by atoms with Gasteiger partial charge in [-0.3, -0.25) is 4.79 Å². The maximum atomic E-state index is 11.2. The molecule has 0 atom stereocenters. The molecule has 0 aliphatic carbocycles. The molecule has 70 valence electrons. The minimum Gasteiger partial charge on any atom is -0.294 e. The lowest BCUT2D eigenvalue weighted by molar-refractivity contribution is 0.101. The first-order valence-electron chi connectivity index (χ1n) is 3.61. The van der Waals surface area contributed by atoms with Crippen LogP contribution in [0.4, 0.5) is 0 Å². The molecule has 0 aromatic heterocycles. The molecule has 1 nitrogen and oxygen atoms in total. The molecule has 0 bridgehead atoms. The van der Waals surface area contributed by atoms with E-state index in [0.29, 0.717) is 15.6 Å². The minimum atomic E-state index is 0.00270. The fourth-order valence-electron chi connectivity index (χ4n) is 1.01. The van der Waals surface area contributed by atoms with E-state index in [9.17, 15) is 4.79 Å². The molecule has 0 saturated carbocycles. The maximum absolute atomic E-state index is 11.2. The number of thioether (sulfide) groups is 1. The molecule has 0 unspecified atom stereocenters. The third-order valence-electron chi connectivity index (χ3n) is 1.63. The van der Waals surface area contributed by atoms with Crippen LogP contribution in [-0.2, 0) is 0 Å². The van der Waals surface area contributed by atoms with Gasteiger partial charge in [-0.25, -0.2) is 0 Å². The van der Waals surface area contributed by atoms with Gasteiger partial charge in [-0.2, -0.15) is 0 Å². The lowest BCUT2D eigenvalue weighted by Gasteiger charge is -2.07. The van der Waals surface area contributed by atoms with E-state index in [1.165, 1.54) is 18.7 Å². The topological polar surface area (TPSA) is 17.1 Å². The van der Waals surface area contributed by atoms with Crippen LogP contribution in [0.2, 0.25) is 10.0 Å². The average Bonchev–Trinajstić information content (AvgIpc) is 2.09.